The standard InChI is InChI=1S/C18H25N3O4/c1-11-6-5-7-12(2)21(11)18(24)17(23)20-15-10-14(19-13(3)22)8-9-16(15)25-4/h8-12H,5-7H2,1-4H3,(H,19,22)(H,20,23)/t11-,12-/m1/s1. The van der Waals surface area contributed by atoms with Crippen LogP contribution < -0.4 is 15.4 Å². The molecule has 0 unspecified atom stereocenters. The molecule has 0 spiro atoms. The van der Waals surface area contributed by atoms with Crippen LogP contribution in [0.1, 0.15) is 40.0 Å². The van der Waals surface area contributed by atoms with Gasteiger partial charge >= 0.3 is 11.8 Å². The Morgan fingerprint density at radius 2 is 1.76 bits per heavy atom. The SMILES string of the molecule is COc1ccc(NC(C)=O)cc1NC(=O)C(=O)N1[C@H](C)CCC[C@H]1C. The van der Waals surface area contributed by atoms with Gasteiger partial charge in [0, 0.05) is 24.7 Å². The van der Waals surface area contributed by atoms with Gasteiger partial charge in [0.05, 0.1) is 12.8 Å². The van der Waals surface area contributed by atoms with Gasteiger partial charge in [0.25, 0.3) is 0 Å². The van der Waals surface area contributed by atoms with Crippen LogP contribution in [-0.4, -0.2) is 41.8 Å². The highest BCUT2D eigenvalue weighted by Crippen LogP contribution is 2.28. The highest BCUT2D eigenvalue weighted by Gasteiger charge is 2.33. The number of ether oxygens (including phenoxy) is 1. The van der Waals surface area contributed by atoms with Gasteiger partial charge in [-0.2, -0.15) is 0 Å². The summed E-state index contributed by atoms with van der Waals surface area (Å²) in [6.45, 7) is 5.31. The third-order valence-electron chi connectivity index (χ3n) is 4.39. The molecule has 2 N–H and O–H groups in total. The van der Waals surface area contributed by atoms with Gasteiger partial charge in [0.1, 0.15) is 5.75 Å². The van der Waals surface area contributed by atoms with E-state index >= 15 is 0 Å². The third kappa shape index (κ3) is 4.49. The number of amides is 3. The van der Waals surface area contributed by atoms with Crippen LogP contribution in [0.4, 0.5) is 11.4 Å². The zero-order valence-electron chi connectivity index (χ0n) is 15.1. The molecule has 2 rings (SSSR count). The maximum atomic E-state index is 12.6. The zero-order chi connectivity index (χ0) is 18.6. The first-order valence-electron chi connectivity index (χ1n) is 8.42. The van der Waals surface area contributed by atoms with E-state index < -0.39 is 11.8 Å². The van der Waals surface area contributed by atoms with Crippen LogP contribution in [-0.2, 0) is 14.4 Å². The van der Waals surface area contributed by atoms with E-state index in [4.69, 9.17) is 4.74 Å². The van der Waals surface area contributed by atoms with Crippen molar-refractivity contribution in [2.24, 2.45) is 0 Å². The van der Waals surface area contributed by atoms with Crippen molar-refractivity contribution in [3.8, 4) is 5.75 Å². The highest BCUT2D eigenvalue weighted by molar-refractivity contribution is 6.39. The zero-order valence-corrected chi connectivity index (χ0v) is 15.1. The number of piperidine rings is 1. The first-order valence-corrected chi connectivity index (χ1v) is 8.42. The van der Waals surface area contributed by atoms with Crippen LogP contribution in [0.15, 0.2) is 18.2 Å². The lowest BCUT2D eigenvalue weighted by Crippen LogP contribution is -2.51. The summed E-state index contributed by atoms with van der Waals surface area (Å²) >= 11 is 0. The third-order valence-corrected chi connectivity index (χ3v) is 4.39. The second-order valence-corrected chi connectivity index (χ2v) is 6.39. The molecule has 0 aromatic heterocycles. The number of rotatable bonds is 3. The molecule has 1 saturated heterocycles. The number of carbonyl (C=O) groups is 3. The molecule has 1 aliphatic rings. The molecule has 0 aliphatic carbocycles. The van der Waals surface area contributed by atoms with Crippen molar-refractivity contribution in [3.05, 3.63) is 18.2 Å². The summed E-state index contributed by atoms with van der Waals surface area (Å²) in [5.74, 6) is -1.07. The second-order valence-electron chi connectivity index (χ2n) is 6.39. The molecule has 1 aromatic rings. The Bertz CT molecular complexity index is 664. The molecule has 0 bridgehead atoms. The normalized spacial score (nSPS) is 19.9. The van der Waals surface area contributed by atoms with E-state index in [0.29, 0.717) is 17.1 Å². The lowest BCUT2D eigenvalue weighted by Gasteiger charge is -2.38. The van der Waals surface area contributed by atoms with Crippen LogP contribution >= 0.6 is 0 Å². The van der Waals surface area contributed by atoms with Crippen molar-refractivity contribution >= 4 is 29.1 Å². The van der Waals surface area contributed by atoms with Crippen molar-refractivity contribution in [1.82, 2.24) is 4.90 Å². The first kappa shape index (κ1) is 18.8. The average molecular weight is 347 g/mol. The Morgan fingerprint density at radius 1 is 1.12 bits per heavy atom. The number of benzene rings is 1. The molecular weight excluding hydrogens is 322 g/mol. The van der Waals surface area contributed by atoms with Gasteiger partial charge in [-0.25, -0.2) is 0 Å². The van der Waals surface area contributed by atoms with Crippen LogP contribution in [0.3, 0.4) is 0 Å². The molecule has 1 aromatic carbocycles. The molecule has 1 heterocycles. The van der Waals surface area contributed by atoms with E-state index in [1.165, 1.54) is 14.0 Å². The summed E-state index contributed by atoms with van der Waals surface area (Å²) in [4.78, 5) is 37.9. The summed E-state index contributed by atoms with van der Waals surface area (Å²) in [7, 11) is 1.47. The highest BCUT2D eigenvalue weighted by atomic mass is 16.5. The monoisotopic (exact) mass is 347 g/mol. The molecule has 3 amide bonds. The van der Waals surface area contributed by atoms with Gasteiger partial charge in [-0.1, -0.05) is 0 Å². The largest absolute Gasteiger partial charge is 0.495 e. The fourth-order valence-corrected chi connectivity index (χ4v) is 3.20. The minimum atomic E-state index is -0.709. The lowest BCUT2D eigenvalue weighted by atomic mass is 9.97. The Labute approximate surface area is 147 Å². The minimum Gasteiger partial charge on any atom is -0.495 e. The van der Waals surface area contributed by atoms with E-state index in [-0.39, 0.29) is 18.0 Å². The topological polar surface area (TPSA) is 87.7 Å². The molecule has 7 heteroatoms. The summed E-state index contributed by atoms with van der Waals surface area (Å²) in [5, 5.41) is 5.24. The van der Waals surface area contributed by atoms with Gasteiger partial charge in [-0.15, -0.1) is 0 Å². The van der Waals surface area contributed by atoms with Crippen LogP contribution in [0.2, 0.25) is 0 Å². The van der Waals surface area contributed by atoms with Gasteiger partial charge < -0.3 is 20.3 Å². The second kappa shape index (κ2) is 8.00. The molecule has 2 atom stereocenters. The fraction of sp³-hybridized carbons (Fsp3) is 0.500. The Hall–Kier alpha value is -2.57. The van der Waals surface area contributed by atoms with Gasteiger partial charge in [0.15, 0.2) is 0 Å². The Morgan fingerprint density at radius 3 is 2.32 bits per heavy atom. The van der Waals surface area contributed by atoms with Crippen molar-refractivity contribution in [2.45, 2.75) is 52.1 Å². The number of nitrogens with zero attached hydrogens (tertiary/aromatic N) is 1. The predicted molar refractivity (Wildman–Crippen MR) is 95.5 cm³/mol. The fourth-order valence-electron chi connectivity index (χ4n) is 3.20. The van der Waals surface area contributed by atoms with Crippen LogP contribution in [0, 0.1) is 0 Å². The molecule has 136 valence electrons. The molecule has 0 radical (unpaired) electrons. The Balaban J connectivity index is 2.18. The molecular formula is C18H25N3O4. The van der Waals surface area contributed by atoms with E-state index in [2.05, 4.69) is 10.6 Å². The average Bonchev–Trinajstić information content (AvgIpc) is 2.54. The van der Waals surface area contributed by atoms with Crippen molar-refractivity contribution < 1.29 is 19.1 Å². The number of hydrogen-bond acceptors (Lipinski definition) is 4. The molecule has 1 aliphatic heterocycles. The van der Waals surface area contributed by atoms with Crippen LogP contribution in [0.25, 0.3) is 0 Å². The van der Waals surface area contributed by atoms with Gasteiger partial charge in [0.2, 0.25) is 5.91 Å². The Kier molecular flexibility index (Phi) is 6.01. The lowest BCUT2D eigenvalue weighted by molar-refractivity contribution is -0.147. The first-order chi connectivity index (χ1) is 11.8. The smallest absolute Gasteiger partial charge is 0.314 e. The minimum absolute atomic E-state index is 0.0367. The number of carbonyl (C=O) groups excluding carboxylic acids is 3. The van der Waals surface area contributed by atoms with Crippen molar-refractivity contribution in [2.75, 3.05) is 17.7 Å². The molecule has 25 heavy (non-hydrogen) atoms. The van der Waals surface area contributed by atoms with Crippen molar-refractivity contribution in [3.63, 3.8) is 0 Å². The van der Waals surface area contributed by atoms with E-state index in [1.54, 1.807) is 23.1 Å². The number of likely N-dealkylation sites (tertiary alicyclic amines) is 1. The number of hydrogen-bond donors (Lipinski definition) is 2. The summed E-state index contributed by atoms with van der Waals surface area (Å²) < 4.78 is 5.22. The van der Waals surface area contributed by atoms with E-state index in [0.717, 1.165) is 19.3 Å². The summed E-state index contributed by atoms with van der Waals surface area (Å²) in [5.41, 5.74) is 0.847. The number of anilines is 2. The number of methoxy groups -OCH3 is 1. The molecule has 0 saturated carbocycles. The maximum absolute atomic E-state index is 12.6. The molecule has 1 fully saturated rings. The van der Waals surface area contributed by atoms with E-state index in [1.807, 2.05) is 13.8 Å². The van der Waals surface area contributed by atoms with E-state index in [9.17, 15) is 14.4 Å². The maximum Gasteiger partial charge on any atom is 0.314 e. The summed E-state index contributed by atoms with van der Waals surface area (Å²) in [6, 6.07) is 4.92. The molecule has 7 nitrogen and oxygen atoms in total. The predicted octanol–water partition coefficient (Wildman–Crippen LogP) is 2.38. The van der Waals surface area contributed by atoms with Crippen LogP contribution in [0.5, 0.6) is 5.75 Å². The van der Waals surface area contributed by atoms with Gasteiger partial charge in [-0.3, -0.25) is 14.4 Å². The quantitative estimate of drug-likeness (QED) is 0.822. The number of nitrogens with one attached hydrogen (secondary N) is 2. The van der Waals surface area contributed by atoms with Gasteiger partial charge in [-0.05, 0) is 51.3 Å². The van der Waals surface area contributed by atoms with Crippen molar-refractivity contribution in [1.29, 1.82) is 0 Å². The summed E-state index contributed by atoms with van der Waals surface area (Å²) in [6.07, 6.45) is 2.84.